The summed E-state index contributed by atoms with van der Waals surface area (Å²) in [6, 6.07) is 9.23. The van der Waals surface area contributed by atoms with Gasteiger partial charge in [-0.15, -0.1) is 0 Å². The molecule has 2 atom stereocenters. The highest BCUT2D eigenvalue weighted by Gasteiger charge is 2.27. The van der Waals surface area contributed by atoms with Crippen LogP contribution >= 0.6 is 15.9 Å². The number of aromatic nitrogens is 2. The molecule has 140 valence electrons. The average molecular weight is 419 g/mol. The third-order valence-corrected chi connectivity index (χ3v) is 5.89. The number of rotatable bonds is 4. The Bertz CT molecular complexity index is 833. The van der Waals surface area contributed by atoms with Crippen LogP contribution in [0.25, 0.3) is 0 Å². The molecular weight excluding hydrogens is 392 g/mol. The average Bonchev–Trinajstić information content (AvgIpc) is 2.62. The summed E-state index contributed by atoms with van der Waals surface area (Å²) in [5.74, 6) is 1.01. The van der Waals surface area contributed by atoms with Crippen LogP contribution in [-0.2, 0) is 7.05 Å². The number of likely N-dealkylation sites (N-methyl/N-ethyl adjacent to an activating group) is 1. The van der Waals surface area contributed by atoms with Crippen molar-refractivity contribution in [3.63, 3.8) is 0 Å². The van der Waals surface area contributed by atoms with E-state index in [0.717, 1.165) is 25.2 Å². The molecule has 0 amide bonds. The number of nitrogens with one attached hydrogen (secondary N) is 1. The Morgan fingerprint density at radius 1 is 1.27 bits per heavy atom. The number of likely N-dealkylation sites (tertiary alicyclic amines) is 1. The van der Waals surface area contributed by atoms with E-state index in [1.807, 2.05) is 0 Å². The second-order valence-corrected chi connectivity index (χ2v) is 8.41. The maximum Gasteiger partial charge on any atom is 0.282 e. The predicted octanol–water partition coefficient (Wildman–Crippen LogP) is 3.57. The first-order valence-electron chi connectivity index (χ1n) is 9.12. The van der Waals surface area contributed by atoms with Crippen molar-refractivity contribution in [3.05, 3.63) is 56.4 Å². The normalized spacial score (nSPS) is 21.2. The lowest BCUT2D eigenvalue weighted by molar-refractivity contribution is 0.235. The van der Waals surface area contributed by atoms with E-state index in [-0.39, 0.29) is 11.6 Å². The minimum Gasteiger partial charge on any atom is -0.379 e. The number of halogens is 1. The van der Waals surface area contributed by atoms with Gasteiger partial charge in [-0.25, -0.2) is 4.68 Å². The fraction of sp³-hybridized carbons (Fsp3) is 0.500. The van der Waals surface area contributed by atoms with Crippen LogP contribution in [0.2, 0.25) is 0 Å². The van der Waals surface area contributed by atoms with Gasteiger partial charge in [-0.05, 0) is 52.4 Å². The van der Waals surface area contributed by atoms with Crippen LogP contribution < -0.4 is 10.9 Å². The molecule has 1 aromatic heterocycles. The number of benzene rings is 1. The van der Waals surface area contributed by atoms with E-state index in [9.17, 15) is 4.79 Å². The molecule has 0 saturated carbocycles. The quantitative estimate of drug-likeness (QED) is 0.824. The van der Waals surface area contributed by atoms with Gasteiger partial charge in [-0.3, -0.25) is 4.79 Å². The Labute approximate surface area is 163 Å². The van der Waals surface area contributed by atoms with Gasteiger partial charge < -0.3 is 10.2 Å². The van der Waals surface area contributed by atoms with Gasteiger partial charge in [0.05, 0.1) is 11.9 Å². The largest absolute Gasteiger partial charge is 0.379 e. The smallest absolute Gasteiger partial charge is 0.282 e. The van der Waals surface area contributed by atoms with Gasteiger partial charge in [0.25, 0.3) is 5.56 Å². The van der Waals surface area contributed by atoms with Crippen LogP contribution in [0.1, 0.15) is 43.2 Å². The standard InChI is InChI=1S/C20H27BrN4O/c1-13(2)14-6-5-7-15(8-14)16-9-17(12-24(3)11-16)23-18-10-22-25(4)20(26)19(18)21/h5-8,10,13,16-17,23H,9,11-12H2,1-4H3/t16-,17+/m0/s1. The number of nitrogens with zero attached hydrogens (tertiary/aromatic N) is 3. The first-order valence-corrected chi connectivity index (χ1v) is 9.91. The zero-order valence-corrected chi connectivity index (χ0v) is 17.5. The van der Waals surface area contributed by atoms with E-state index >= 15 is 0 Å². The summed E-state index contributed by atoms with van der Waals surface area (Å²) >= 11 is 3.41. The molecule has 0 aliphatic carbocycles. The summed E-state index contributed by atoms with van der Waals surface area (Å²) in [7, 11) is 3.81. The van der Waals surface area contributed by atoms with Crippen molar-refractivity contribution in [2.24, 2.45) is 7.05 Å². The van der Waals surface area contributed by atoms with Crippen molar-refractivity contribution in [2.75, 3.05) is 25.5 Å². The maximum absolute atomic E-state index is 12.1. The molecule has 1 aliphatic heterocycles. The van der Waals surface area contributed by atoms with Crippen LogP contribution in [-0.4, -0.2) is 40.9 Å². The van der Waals surface area contributed by atoms with E-state index in [4.69, 9.17) is 0 Å². The van der Waals surface area contributed by atoms with Crippen molar-refractivity contribution in [1.82, 2.24) is 14.7 Å². The second kappa shape index (κ2) is 7.92. The molecular formula is C20H27BrN4O. The van der Waals surface area contributed by atoms with Gasteiger partial charge in [0.2, 0.25) is 0 Å². The predicted molar refractivity (Wildman–Crippen MR) is 110 cm³/mol. The number of hydrogen-bond donors (Lipinski definition) is 1. The highest BCUT2D eigenvalue weighted by Crippen LogP contribution is 2.30. The minimum absolute atomic E-state index is 0.125. The molecule has 6 heteroatoms. The van der Waals surface area contributed by atoms with Gasteiger partial charge in [-0.2, -0.15) is 5.10 Å². The minimum atomic E-state index is -0.125. The molecule has 2 aromatic rings. The number of hydrogen-bond acceptors (Lipinski definition) is 4. The van der Waals surface area contributed by atoms with Crippen molar-refractivity contribution in [1.29, 1.82) is 0 Å². The Morgan fingerprint density at radius 2 is 2.04 bits per heavy atom. The fourth-order valence-corrected chi connectivity index (χ4v) is 4.14. The zero-order valence-electron chi connectivity index (χ0n) is 15.9. The highest BCUT2D eigenvalue weighted by molar-refractivity contribution is 9.10. The molecule has 2 heterocycles. The molecule has 0 bridgehead atoms. The summed E-state index contributed by atoms with van der Waals surface area (Å²) in [6.07, 6.45) is 2.75. The van der Waals surface area contributed by atoms with Gasteiger partial charge in [0, 0.05) is 26.2 Å². The Balaban J connectivity index is 1.79. The lowest BCUT2D eigenvalue weighted by Gasteiger charge is -2.37. The van der Waals surface area contributed by atoms with E-state index in [2.05, 4.69) is 76.4 Å². The molecule has 26 heavy (non-hydrogen) atoms. The molecule has 1 aliphatic rings. The molecule has 0 spiro atoms. The summed E-state index contributed by atoms with van der Waals surface area (Å²) in [6.45, 7) is 6.46. The maximum atomic E-state index is 12.1. The van der Waals surface area contributed by atoms with Crippen LogP contribution in [0.5, 0.6) is 0 Å². The lowest BCUT2D eigenvalue weighted by atomic mass is 9.86. The van der Waals surface area contributed by atoms with Gasteiger partial charge in [-0.1, -0.05) is 38.1 Å². The third kappa shape index (κ3) is 4.18. The first-order chi connectivity index (χ1) is 12.3. The van der Waals surface area contributed by atoms with E-state index < -0.39 is 0 Å². The van der Waals surface area contributed by atoms with E-state index in [1.54, 1.807) is 13.2 Å². The summed E-state index contributed by atoms with van der Waals surface area (Å²) < 4.78 is 1.88. The monoisotopic (exact) mass is 418 g/mol. The SMILES string of the molecule is CC(C)c1cccc([C@H]2C[C@@H](Nc3cnn(C)c(=O)c3Br)CN(C)C2)c1. The van der Waals surface area contributed by atoms with Crippen LogP contribution in [0.4, 0.5) is 5.69 Å². The fourth-order valence-electron chi connectivity index (χ4n) is 3.67. The van der Waals surface area contributed by atoms with Gasteiger partial charge >= 0.3 is 0 Å². The molecule has 3 rings (SSSR count). The van der Waals surface area contributed by atoms with Crippen LogP contribution in [0.15, 0.2) is 39.7 Å². The number of anilines is 1. The Hall–Kier alpha value is -1.66. The molecule has 1 fully saturated rings. The summed E-state index contributed by atoms with van der Waals surface area (Å²) in [4.78, 5) is 14.4. The number of aryl methyl sites for hydroxylation is 1. The number of piperidine rings is 1. The van der Waals surface area contributed by atoms with Crippen LogP contribution in [0, 0.1) is 0 Å². The molecule has 5 nitrogen and oxygen atoms in total. The summed E-state index contributed by atoms with van der Waals surface area (Å²) in [5.41, 5.74) is 3.43. The lowest BCUT2D eigenvalue weighted by Crippen LogP contribution is -2.43. The van der Waals surface area contributed by atoms with Crippen molar-refractivity contribution < 1.29 is 0 Å². The Morgan fingerprint density at radius 3 is 2.77 bits per heavy atom. The van der Waals surface area contributed by atoms with E-state index in [1.165, 1.54) is 15.8 Å². The highest BCUT2D eigenvalue weighted by atomic mass is 79.9. The van der Waals surface area contributed by atoms with Gasteiger partial charge in [0.1, 0.15) is 4.47 Å². The topological polar surface area (TPSA) is 50.2 Å². The molecule has 1 aromatic carbocycles. The zero-order chi connectivity index (χ0) is 18.8. The molecule has 1 N–H and O–H groups in total. The third-order valence-electron chi connectivity index (χ3n) is 5.12. The van der Waals surface area contributed by atoms with Crippen molar-refractivity contribution in [2.45, 2.75) is 38.1 Å². The van der Waals surface area contributed by atoms with Crippen molar-refractivity contribution >= 4 is 21.6 Å². The van der Waals surface area contributed by atoms with Gasteiger partial charge in [0.15, 0.2) is 0 Å². The molecule has 0 radical (unpaired) electrons. The summed E-state index contributed by atoms with van der Waals surface area (Å²) in [5, 5.41) is 7.65. The first kappa shape index (κ1) is 19.1. The molecule has 1 saturated heterocycles. The van der Waals surface area contributed by atoms with Crippen molar-refractivity contribution in [3.8, 4) is 0 Å². The second-order valence-electron chi connectivity index (χ2n) is 7.62. The Kier molecular flexibility index (Phi) is 5.82. The molecule has 0 unspecified atom stereocenters. The van der Waals surface area contributed by atoms with Crippen LogP contribution in [0.3, 0.4) is 0 Å². The van der Waals surface area contributed by atoms with E-state index in [0.29, 0.717) is 16.3 Å².